The molecule has 0 saturated carbocycles. The quantitative estimate of drug-likeness (QED) is 0.0197. The number of allylic oxidation sites excluding steroid dienone is 14. The second kappa shape index (κ2) is 52.0. The van der Waals surface area contributed by atoms with Crippen molar-refractivity contribution in [1.29, 1.82) is 0 Å². The Morgan fingerprint density at radius 2 is 0.743 bits per heavy atom. The number of unbranched alkanes of at least 4 members (excludes halogenated alkanes) is 19. The van der Waals surface area contributed by atoms with Crippen LogP contribution < -0.4 is 0 Å². The van der Waals surface area contributed by atoms with Gasteiger partial charge in [0.05, 0.1) is 19.8 Å². The van der Waals surface area contributed by atoms with Crippen molar-refractivity contribution in [3.63, 3.8) is 0 Å². The summed E-state index contributed by atoms with van der Waals surface area (Å²) in [5.74, 6) is -1.55. The smallest absolute Gasteiger partial charge is 0.462 e. The lowest BCUT2D eigenvalue weighted by Gasteiger charge is -2.21. The fourth-order valence-electron chi connectivity index (χ4n) is 7.18. The van der Waals surface area contributed by atoms with Crippen LogP contribution in [0.15, 0.2) is 85.1 Å². The Labute approximate surface area is 426 Å². The first-order valence-corrected chi connectivity index (χ1v) is 29.0. The van der Waals surface area contributed by atoms with Crippen LogP contribution in [-0.2, 0) is 42.2 Å². The summed E-state index contributed by atoms with van der Waals surface area (Å²) < 4.78 is 39.4. The van der Waals surface area contributed by atoms with Crippen LogP contribution in [-0.4, -0.2) is 66.5 Å². The van der Waals surface area contributed by atoms with Gasteiger partial charge in [-0.1, -0.05) is 202 Å². The van der Waals surface area contributed by atoms with Gasteiger partial charge in [0.1, 0.15) is 12.7 Å². The van der Waals surface area contributed by atoms with Crippen molar-refractivity contribution in [2.75, 3.05) is 26.4 Å². The number of ether oxygens (including phenoxy) is 3. The predicted molar refractivity (Wildman–Crippen MR) is 288 cm³/mol. The standard InChI is InChI=1S/C58H99O11P/c1-4-7-10-13-16-19-22-25-27-30-32-35-38-41-44-47-56(60)65-51-55(69-58(62)49-46-43-40-37-34-31-28-26-23-20-17-14-11-8-5-2)53-67-70(63,64)66-52-54(50-59)68-57(61)48-45-42-39-36-33-29-24-21-18-15-12-9-6-3/h8-9,11-12,17-18,20-21,26,28-29,33-34,37,54-55,59H,4-7,10,13-16,19,22-25,27,30-32,35-36,38-53H2,1-3H3,(H,63,64)/b11-8-,12-9-,20-17-,21-18-,28-26-,33-29-,37-34-. The normalized spacial score (nSPS) is 14.1. The number of aliphatic hydroxyl groups excluding tert-OH is 1. The first-order valence-electron chi connectivity index (χ1n) is 27.5. The summed E-state index contributed by atoms with van der Waals surface area (Å²) in [6.07, 6.45) is 58.4. The molecular weight excluding hydrogens is 904 g/mol. The summed E-state index contributed by atoms with van der Waals surface area (Å²) in [4.78, 5) is 48.4. The Balaban J connectivity index is 4.82. The highest BCUT2D eigenvalue weighted by Gasteiger charge is 2.28. The molecule has 0 fully saturated rings. The third kappa shape index (κ3) is 49.6. The maximum absolute atomic E-state index is 12.9. The molecule has 0 aromatic carbocycles. The molecule has 11 nitrogen and oxygen atoms in total. The minimum atomic E-state index is -4.76. The zero-order valence-electron chi connectivity index (χ0n) is 44.2. The van der Waals surface area contributed by atoms with Crippen molar-refractivity contribution in [2.45, 2.75) is 238 Å². The molecule has 0 saturated heterocycles. The number of phosphoric ester groups is 1. The van der Waals surface area contributed by atoms with E-state index in [-0.39, 0.29) is 25.9 Å². The lowest BCUT2D eigenvalue weighted by atomic mass is 10.0. The Hall–Kier alpha value is -3.34. The van der Waals surface area contributed by atoms with Gasteiger partial charge in [0.2, 0.25) is 0 Å². The van der Waals surface area contributed by atoms with Gasteiger partial charge in [0.25, 0.3) is 0 Å². The van der Waals surface area contributed by atoms with E-state index in [1.807, 2.05) is 0 Å². The lowest BCUT2D eigenvalue weighted by molar-refractivity contribution is -0.161. The number of hydrogen-bond acceptors (Lipinski definition) is 10. The average Bonchev–Trinajstić information content (AvgIpc) is 3.35. The molecule has 0 aliphatic heterocycles. The van der Waals surface area contributed by atoms with Gasteiger partial charge in [-0.3, -0.25) is 23.4 Å². The van der Waals surface area contributed by atoms with Crippen molar-refractivity contribution in [3.05, 3.63) is 85.1 Å². The van der Waals surface area contributed by atoms with Crippen LogP contribution in [0.4, 0.5) is 0 Å². The summed E-state index contributed by atoms with van der Waals surface area (Å²) >= 11 is 0. The molecule has 70 heavy (non-hydrogen) atoms. The van der Waals surface area contributed by atoms with Crippen molar-refractivity contribution < 1.29 is 52.2 Å². The largest absolute Gasteiger partial charge is 0.472 e. The van der Waals surface area contributed by atoms with Gasteiger partial charge in [-0.25, -0.2) is 4.57 Å². The number of carbonyl (C=O) groups is 3. The number of esters is 3. The van der Waals surface area contributed by atoms with Crippen molar-refractivity contribution >= 4 is 25.7 Å². The summed E-state index contributed by atoms with van der Waals surface area (Å²) in [5, 5.41) is 9.78. The van der Waals surface area contributed by atoms with E-state index in [0.717, 1.165) is 96.3 Å². The highest BCUT2D eigenvalue weighted by atomic mass is 31.2. The van der Waals surface area contributed by atoms with E-state index >= 15 is 0 Å². The average molecular weight is 1000 g/mol. The van der Waals surface area contributed by atoms with Crippen LogP contribution in [0.25, 0.3) is 0 Å². The lowest BCUT2D eigenvalue weighted by Crippen LogP contribution is -2.30. The maximum atomic E-state index is 12.9. The first-order chi connectivity index (χ1) is 34.2. The Morgan fingerprint density at radius 3 is 1.17 bits per heavy atom. The maximum Gasteiger partial charge on any atom is 0.472 e. The minimum Gasteiger partial charge on any atom is -0.462 e. The van der Waals surface area contributed by atoms with E-state index in [1.165, 1.54) is 70.6 Å². The SMILES string of the molecule is CC/C=C\C/C=C\C/C=C\C/C=C\CCCCC(=O)OC(COC(=O)CCCCCCCCCCCCCCCCC)COP(=O)(O)OCC(CO)OC(=O)CCCCC/C=C\C/C=C\C/C=C\CC. The number of rotatable bonds is 50. The van der Waals surface area contributed by atoms with Gasteiger partial charge in [0.15, 0.2) is 6.10 Å². The molecule has 0 aromatic rings. The van der Waals surface area contributed by atoms with Crippen LogP contribution in [0.1, 0.15) is 226 Å². The van der Waals surface area contributed by atoms with Gasteiger partial charge in [-0.05, 0) is 89.9 Å². The minimum absolute atomic E-state index is 0.112. The van der Waals surface area contributed by atoms with Gasteiger partial charge < -0.3 is 24.2 Å². The van der Waals surface area contributed by atoms with Gasteiger partial charge >= 0.3 is 25.7 Å². The van der Waals surface area contributed by atoms with Crippen LogP contribution >= 0.6 is 7.82 Å². The summed E-state index contributed by atoms with van der Waals surface area (Å²) in [7, 11) is -4.76. The Bertz CT molecular complexity index is 1500. The topological polar surface area (TPSA) is 155 Å². The van der Waals surface area contributed by atoms with Crippen LogP contribution in [0.5, 0.6) is 0 Å². The predicted octanol–water partition coefficient (Wildman–Crippen LogP) is 15.9. The number of phosphoric acid groups is 1. The zero-order chi connectivity index (χ0) is 51.3. The second-order valence-corrected chi connectivity index (χ2v) is 19.4. The van der Waals surface area contributed by atoms with Crippen LogP contribution in [0.2, 0.25) is 0 Å². The van der Waals surface area contributed by atoms with E-state index in [0.29, 0.717) is 19.3 Å². The molecule has 0 bridgehead atoms. The molecule has 0 aliphatic carbocycles. The van der Waals surface area contributed by atoms with Crippen LogP contribution in [0.3, 0.4) is 0 Å². The van der Waals surface area contributed by atoms with Crippen molar-refractivity contribution in [3.8, 4) is 0 Å². The fourth-order valence-corrected chi connectivity index (χ4v) is 7.97. The molecule has 12 heteroatoms. The van der Waals surface area contributed by atoms with Crippen LogP contribution in [0, 0.1) is 0 Å². The number of hydrogen-bond donors (Lipinski definition) is 2. The molecule has 0 aromatic heterocycles. The fraction of sp³-hybridized carbons (Fsp3) is 0.707. The third-order valence-electron chi connectivity index (χ3n) is 11.3. The monoisotopic (exact) mass is 1000 g/mol. The summed E-state index contributed by atoms with van der Waals surface area (Å²) in [5.41, 5.74) is 0. The van der Waals surface area contributed by atoms with E-state index in [2.05, 4.69) is 106 Å². The molecule has 3 atom stereocenters. The summed E-state index contributed by atoms with van der Waals surface area (Å²) in [6, 6.07) is 0. The molecule has 0 radical (unpaired) electrons. The molecule has 2 N–H and O–H groups in total. The molecule has 0 amide bonds. The zero-order valence-corrected chi connectivity index (χ0v) is 45.1. The molecule has 0 aliphatic rings. The Morgan fingerprint density at radius 1 is 0.414 bits per heavy atom. The van der Waals surface area contributed by atoms with Gasteiger partial charge in [-0.15, -0.1) is 0 Å². The molecule has 0 rings (SSSR count). The Kier molecular flexibility index (Phi) is 49.5. The third-order valence-corrected chi connectivity index (χ3v) is 12.3. The number of aliphatic hydroxyl groups is 1. The molecule has 3 unspecified atom stereocenters. The van der Waals surface area contributed by atoms with Crippen molar-refractivity contribution in [1.82, 2.24) is 0 Å². The molecule has 0 heterocycles. The van der Waals surface area contributed by atoms with E-state index < -0.39 is 57.8 Å². The first kappa shape index (κ1) is 66.7. The van der Waals surface area contributed by atoms with E-state index in [4.69, 9.17) is 23.3 Å². The summed E-state index contributed by atoms with van der Waals surface area (Å²) in [6.45, 7) is 4.33. The van der Waals surface area contributed by atoms with E-state index in [1.54, 1.807) is 0 Å². The second-order valence-electron chi connectivity index (χ2n) is 18.0. The van der Waals surface area contributed by atoms with Crippen molar-refractivity contribution in [2.24, 2.45) is 0 Å². The van der Waals surface area contributed by atoms with Gasteiger partial charge in [0, 0.05) is 19.3 Å². The molecule has 0 spiro atoms. The highest BCUT2D eigenvalue weighted by molar-refractivity contribution is 7.47. The van der Waals surface area contributed by atoms with E-state index in [9.17, 15) is 28.9 Å². The number of carbonyl (C=O) groups excluding carboxylic acids is 3. The highest BCUT2D eigenvalue weighted by Crippen LogP contribution is 2.43. The van der Waals surface area contributed by atoms with Gasteiger partial charge in [-0.2, -0.15) is 0 Å². The molecule has 402 valence electrons. The molecular formula is C58H99O11P.